The van der Waals surface area contributed by atoms with Crippen molar-refractivity contribution < 1.29 is 32.6 Å². The normalized spacial score (nSPS) is 17.1. The fourth-order valence-electron chi connectivity index (χ4n) is 4.20. The minimum Gasteiger partial charge on any atom is -0.481 e. The summed E-state index contributed by atoms with van der Waals surface area (Å²) in [4.78, 5) is 28.6. The summed E-state index contributed by atoms with van der Waals surface area (Å²) in [6.45, 7) is 5.16. The number of aryl methyl sites for hydroxylation is 3. The molecule has 35 heavy (non-hydrogen) atoms. The van der Waals surface area contributed by atoms with Gasteiger partial charge in [-0.05, 0) is 80.1 Å². The lowest BCUT2D eigenvalue weighted by atomic mass is 10.00. The third-order valence-electron chi connectivity index (χ3n) is 5.95. The largest absolute Gasteiger partial charge is 0.481 e. The zero-order valence-corrected chi connectivity index (χ0v) is 19.2. The number of carbonyl (C=O) groups is 2. The molecule has 1 fully saturated rings. The van der Waals surface area contributed by atoms with Crippen LogP contribution in [0.2, 0.25) is 0 Å². The molecule has 0 spiro atoms. The summed E-state index contributed by atoms with van der Waals surface area (Å²) >= 11 is 0. The molecule has 1 aromatic heterocycles. The molecule has 4 rings (SSSR count). The first-order chi connectivity index (χ1) is 16.4. The van der Waals surface area contributed by atoms with Gasteiger partial charge in [0.05, 0.1) is 17.2 Å². The second kappa shape index (κ2) is 9.05. The van der Waals surface area contributed by atoms with E-state index in [4.69, 9.17) is 9.84 Å². The number of alkyl halides is 3. The van der Waals surface area contributed by atoms with Crippen molar-refractivity contribution in [3.63, 3.8) is 0 Å². The maximum atomic E-state index is 13.6. The molecule has 9 heteroatoms. The van der Waals surface area contributed by atoms with E-state index in [9.17, 15) is 22.8 Å². The van der Waals surface area contributed by atoms with Gasteiger partial charge in [0, 0.05) is 17.3 Å². The first-order valence-electron chi connectivity index (χ1n) is 10.9. The number of halogens is 3. The summed E-state index contributed by atoms with van der Waals surface area (Å²) in [5.41, 5.74) is 1.08. The Balaban J connectivity index is 1.62. The van der Waals surface area contributed by atoms with Crippen LogP contribution in [0.5, 0.6) is 11.6 Å². The van der Waals surface area contributed by atoms with Crippen molar-refractivity contribution in [2.24, 2.45) is 5.92 Å². The number of nitrogens with zero attached hydrogens (tertiary/aromatic N) is 1. The highest BCUT2D eigenvalue weighted by molar-refractivity contribution is 6.07. The smallest absolute Gasteiger partial charge is 0.418 e. The van der Waals surface area contributed by atoms with Gasteiger partial charge in [0.1, 0.15) is 5.75 Å². The number of ether oxygens (including phenoxy) is 1. The fourth-order valence-corrected chi connectivity index (χ4v) is 4.20. The van der Waals surface area contributed by atoms with Crippen LogP contribution in [-0.4, -0.2) is 22.0 Å². The van der Waals surface area contributed by atoms with E-state index in [0.29, 0.717) is 34.7 Å². The highest BCUT2D eigenvalue weighted by atomic mass is 19.4. The van der Waals surface area contributed by atoms with Crippen LogP contribution in [0.25, 0.3) is 0 Å². The second-order valence-electron chi connectivity index (χ2n) is 8.70. The van der Waals surface area contributed by atoms with Crippen LogP contribution < -0.4 is 10.1 Å². The quantitative estimate of drug-likeness (QED) is 0.431. The lowest BCUT2D eigenvalue weighted by Crippen LogP contribution is -2.19. The summed E-state index contributed by atoms with van der Waals surface area (Å²) in [6, 6.07) is 11.9. The maximum absolute atomic E-state index is 13.6. The predicted molar refractivity (Wildman–Crippen MR) is 123 cm³/mol. The molecule has 0 unspecified atom stereocenters. The van der Waals surface area contributed by atoms with Gasteiger partial charge in [-0.25, -0.2) is 4.98 Å². The molecule has 0 aliphatic heterocycles. The van der Waals surface area contributed by atoms with Crippen LogP contribution in [0.1, 0.15) is 50.6 Å². The molecule has 1 saturated carbocycles. The number of anilines is 1. The van der Waals surface area contributed by atoms with Gasteiger partial charge in [0.15, 0.2) is 0 Å². The van der Waals surface area contributed by atoms with Crippen LogP contribution in [0, 0.1) is 26.7 Å². The van der Waals surface area contributed by atoms with Crippen molar-refractivity contribution in [1.82, 2.24) is 4.98 Å². The van der Waals surface area contributed by atoms with E-state index in [1.165, 1.54) is 12.1 Å². The SMILES string of the molecule is Cc1cccc(Oc2cc(C)c(C(=O)Nc3cc([C@H]4C[C@H]4C(=O)O)ccc3C(F)(F)F)c(C)c2)n1. The number of hydrogen-bond donors (Lipinski definition) is 2. The van der Waals surface area contributed by atoms with E-state index < -0.39 is 35.2 Å². The fraction of sp³-hybridized carbons (Fsp3) is 0.269. The van der Waals surface area contributed by atoms with Gasteiger partial charge in [0.2, 0.25) is 5.88 Å². The number of hydrogen-bond acceptors (Lipinski definition) is 4. The van der Waals surface area contributed by atoms with Crippen molar-refractivity contribution in [3.05, 3.63) is 82.0 Å². The molecule has 0 saturated heterocycles. The first-order valence-corrected chi connectivity index (χ1v) is 10.9. The maximum Gasteiger partial charge on any atom is 0.418 e. The highest BCUT2D eigenvalue weighted by Gasteiger charge is 2.45. The minimum absolute atomic E-state index is 0.225. The second-order valence-corrected chi connectivity index (χ2v) is 8.70. The lowest BCUT2D eigenvalue weighted by molar-refractivity contribution is -0.139. The third kappa shape index (κ3) is 5.29. The topological polar surface area (TPSA) is 88.5 Å². The van der Waals surface area contributed by atoms with Gasteiger partial charge in [-0.2, -0.15) is 13.2 Å². The van der Waals surface area contributed by atoms with E-state index in [0.717, 1.165) is 11.8 Å². The van der Waals surface area contributed by atoms with Crippen LogP contribution in [0.3, 0.4) is 0 Å². The minimum atomic E-state index is -4.69. The first kappa shape index (κ1) is 24.3. The number of amides is 1. The molecule has 1 amide bonds. The monoisotopic (exact) mass is 484 g/mol. The Kier molecular flexibility index (Phi) is 6.27. The standard InChI is InChI=1S/C26H23F3N2O4/c1-13-9-17(35-22-6-4-5-15(3)30-22)10-14(2)23(13)24(32)31-21-11-16(18-12-19(18)25(33)34)7-8-20(21)26(27,28)29/h4-11,18-19H,12H2,1-3H3,(H,31,32)(H,33,34)/t18-,19-/m1/s1. The molecule has 2 aromatic carbocycles. The Labute approximate surface area is 199 Å². The zero-order chi connectivity index (χ0) is 25.5. The number of carbonyl (C=O) groups excluding carboxylic acids is 1. The number of pyridine rings is 1. The lowest BCUT2D eigenvalue weighted by Gasteiger charge is -2.17. The van der Waals surface area contributed by atoms with E-state index >= 15 is 0 Å². The molecule has 0 radical (unpaired) electrons. The summed E-state index contributed by atoms with van der Waals surface area (Å²) in [5, 5.41) is 11.6. The molecule has 6 nitrogen and oxygen atoms in total. The van der Waals surface area contributed by atoms with Gasteiger partial charge in [-0.3, -0.25) is 9.59 Å². The van der Waals surface area contributed by atoms with Gasteiger partial charge in [0.25, 0.3) is 5.91 Å². The third-order valence-corrected chi connectivity index (χ3v) is 5.95. The molecule has 2 atom stereocenters. The Hall–Kier alpha value is -3.88. The number of carboxylic acids is 1. The average molecular weight is 484 g/mol. The van der Waals surface area contributed by atoms with Crippen LogP contribution in [0.4, 0.5) is 18.9 Å². The summed E-state index contributed by atoms with van der Waals surface area (Å²) < 4.78 is 46.7. The van der Waals surface area contributed by atoms with Crippen LogP contribution in [0.15, 0.2) is 48.5 Å². The number of aliphatic carboxylic acids is 1. The van der Waals surface area contributed by atoms with E-state index in [1.54, 1.807) is 38.1 Å². The van der Waals surface area contributed by atoms with E-state index in [1.807, 2.05) is 13.0 Å². The van der Waals surface area contributed by atoms with Crippen molar-refractivity contribution in [1.29, 1.82) is 0 Å². The molecular weight excluding hydrogens is 461 g/mol. The summed E-state index contributed by atoms with van der Waals surface area (Å²) in [5.74, 6) is -1.87. The Morgan fingerprint density at radius 3 is 2.31 bits per heavy atom. The van der Waals surface area contributed by atoms with Gasteiger partial charge >= 0.3 is 12.1 Å². The number of aromatic nitrogens is 1. The van der Waals surface area contributed by atoms with Crippen LogP contribution >= 0.6 is 0 Å². The molecule has 182 valence electrons. The van der Waals surface area contributed by atoms with Gasteiger partial charge in [-0.15, -0.1) is 0 Å². The van der Waals surface area contributed by atoms with Crippen molar-refractivity contribution >= 4 is 17.6 Å². The Bertz CT molecular complexity index is 1300. The zero-order valence-electron chi connectivity index (χ0n) is 19.2. The molecule has 3 aromatic rings. The predicted octanol–water partition coefficient (Wildman–Crippen LogP) is 6.26. The Morgan fingerprint density at radius 2 is 1.74 bits per heavy atom. The number of carboxylic acid groups (broad SMARTS) is 1. The van der Waals surface area contributed by atoms with Crippen molar-refractivity contribution in [3.8, 4) is 11.6 Å². The molecule has 1 aliphatic carbocycles. The number of rotatable bonds is 6. The van der Waals surface area contributed by atoms with Gasteiger partial charge < -0.3 is 15.2 Å². The molecule has 1 aliphatic rings. The average Bonchev–Trinajstić information content (AvgIpc) is 3.54. The Morgan fingerprint density at radius 1 is 1.06 bits per heavy atom. The summed E-state index contributed by atoms with van der Waals surface area (Å²) in [7, 11) is 0. The highest BCUT2D eigenvalue weighted by Crippen LogP contribution is 2.49. The molecule has 0 bridgehead atoms. The van der Waals surface area contributed by atoms with Crippen molar-refractivity contribution in [2.75, 3.05) is 5.32 Å². The summed E-state index contributed by atoms with van der Waals surface area (Å²) in [6.07, 6.45) is -4.34. The van der Waals surface area contributed by atoms with Crippen LogP contribution in [-0.2, 0) is 11.0 Å². The number of nitrogens with one attached hydrogen (secondary N) is 1. The molecule has 1 heterocycles. The van der Waals surface area contributed by atoms with E-state index in [2.05, 4.69) is 10.3 Å². The van der Waals surface area contributed by atoms with Gasteiger partial charge in [-0.1, -0.05) is 12.1 Å². The van der Waals surface area contributed by atoms with E-state index in [-0.39, 0.29) is 11.5 Å². The van der Waals surface area contributed by atoms with Crippen molar-refractivity contribution in [2.45, 2.75) is 39.3 Å². The molecule has 2 N–H and O–H groups in total. The number of benzene rings is 2. The molecular formula is C26H23F3N2O4.